The maximum Gasteiger partial charge on any atom is 0.274 e. The summed E-state index contributed by atoms with van der Waals surface area (Å²) in [5.74, 6) is -4.12. The molecule has 0 unspecified atom stereocenters. The standard InChI is InChI=1S/C19H15F4N5O2/c1-9-2-10(5-24)6-26-16(9)17(29)27-11-3-12(15(21)13(20)4-11)19(18(22)23)8-30-7-14(25)28-19/h2-4,6,18H,7-8H2,1H3,(H2,25,28)(H,27,29)/t19-/m0/s1. The number of hydrogen-bond acceptors (Lipinski definition) is 6. The molecule has 0 fully saturated rings. The topological polar surface area (TPSA) is 113 Å². The first kappa shape index (κ1) is 21.2. The van der Waals surface area contributed by atoms with Crippen LogP contribution in [0.2, 0.25) is 0 Å². The Hall–Kier alpha value is -3.52. The zero-order valence-corrected chi connectivity index (χ0v) is 15.5. The van der Waals surface area contributed by atoms with Crippen LogP contribution in [-0.2, 0) is 10.3 Å². The normalized spacial score (nSPS) is 18.6. The fourth-order valence-electron chi connectivity index (χ4n) is 3.04. The molecule has 1 atom stereocenters. The molecule has 156 valence electrons. The van der Waals surface area contributed by atoms with Crippen molar-refractivity contribution in [3.05, 3.63) is 58.4 Å². The molecule has 7 nitrogen and oxygen atoms in total. The second-order valence-electron chi connectivity index (χ2n) is 6.60. The molecular formula is C19H15F4N5O2. The third kappa shape index (κ3) is 3.81. The highest BCUT2D eigenvalue weighted by Gasteiger charge is 2.47. The van der Waals surface area contributed by atoms with Gasteiger partial charge in [-0.3, -0.25) is 9.79 Å². The molecule has 3 N–H and O–H groups in total. The van der Waals surface area contributed by atoms with Crippen molar-refractivity contribution in [2.45, 2.75) is 18.9 Å². The Labute approximate surface area is 168 Å². The summed E-state index contributed by atoms with van der Waals surface area (Å²) in [6.45, 7) is 0.579. The molecule has 1 aliphatic heterocycles. The Morgan fingerprint density at radius 2 is 2.10 bits per heavy atom. The number of amides is 1. The van der Waals surface area contributed by atoms with Crippen LogP contribution in [0.4, 0.5) is 23.2 Å². The number of nitriles is 1. The Morgan fingerprint density at radius 1 is 1.37 bits per heavy atom. The molecule has 0 spiro atoms. The second-order valence-corrected chi connectivity index (χ2v) is 6.60. The van der Waals surface area contributed by atoms with E-state index in [4.69, 9.17) is 15.7 Å². The fourth-order valence-corrected chi connectivity index (χ4v) is 3.04. The fraction of sp³-hybridized carbons (Fsp3) is 0.263. The molecule has 1 aromatic heterocycles. The molecule has 0 radical (unpaired) electrons. The summed E-state index contributed by atoms with van der Waals surface area (Å²) in [5.41, 5.74) is 2.33. The van der Waals surface area contributed by atoms with E-state index in [9.17, 15) is 22.4 Å². The van der Waals surface area contributed by atoms with E-state index in [1.807, 2.05) is 6.07 Å². The minimum Gasteiger partial charge on any atom is -0.385 e. The first-order chi connectivity index (χ1) is 14.2. The van der Waals surface area contributed by atoms with E-state index >= 15 is 0 Å². The highest BCUT2D eigenvalue weighted by atomic mass is 19.3. The number of carbonyl (C=O) groups is 1. The van der Waals surface area contributed by atoms with Gasteiger partial charge in [-0.2, -0.15) is 5.26 Å². The van der Waals surface area contributed by atoms with Gasteiger partial charge in [-0.25, -0.2) is 22.5 Å². The van der Waals surface area contributed by atoms with Crippen LogP contribution >= 0.6 is 0 Å². The number of ether oxygens (including phenoxy) is 1. The van der Waals surface area contributed by atoms with E-state index in [-0.39, 0.29) is 29.4 Å². The SMILES string of the molecule is Cc1cc(C#N)cnc1C(=O)Nc1cc(F)c(F)c([C@]2(C(F)F)COCC(N)=N2)c1. The number of benzene rings is 1. The Morgan fingerprint density at radius 3 is 2.70 bits per heavy atom. The largest absolute Gasteiger partial charge is 0.385 e. The molecule has 1 amide bonds. The molecular weight excluding hydrogens is 406 g/mol. The highest BCUT2D eigenvalue weighted by molar-refractivity contribution is 6.03. The molecule has 2 aromatic rings. The Balaban J connectivity index is 2.03. The highest BCUT2D eigenvalue weighted by Crippen LogP contribution is 2.38. The van der Waals surface area contributed by atoms with Crippen molar-refractivity contribution in [1.29, 1.82) is 5.26 Å². The van der Waals surface area contributed by atoms with Gasteiger partial charge < -0.3 is 15.8 Å². The zero-order valence-electron chi connectivity index (χ0n) is 15.5. The summed E-state index contributed by atoms with van der Waals surface area (Å²) in [4.78, 5) is 20.0. The number of pyridine rings is 1. The molecule has 0 aliphatic carbocycles. The first-order valence-electron chi connectivity index (χ1n) is 8.55. The third-order valence-electron chi connectivity index (χ3n) is 4.45. The van der Waals surface area contributed by atoms with Gasteiger partial charge in [0, 0.05) is 23.5 Å². The van der Waals surface area contributed by atoms with Crippen molar-refractivity contribution in [2.24, 2.45) is 10.7 Å². The van der Waals surface area contributed by atoms with Gasteiger partial charge in [-0.05, 0) is 24.6 Å². The van der Waals surface area contributed by atoms with Crippen molar-refractivity contribution in [3.8, 4) is 6.07 Å². The van der Waals surface area contributed by atoms with Crippen LogP contribution in [0.15, 0.2) is 29.4 Å². The zero-order chi connectivity index (χ0) is 22.1. The van der Waals surface area contributed by atoms with Crippen molar-refractivity contribution >= 4 is 17.4 Å². The average molecular weight is 421 g/mol. The number of aromatic nitrogens is 1. The van der Waals surface area contributed by atoms with Crippen LogP contribution in [0.3, 0.4) is 0 Å². The quantitative estimate of drug-likeness (QED) is 0.737. The maximum absolute atomic E-state index is 14.5. The second kappa shape index (κ2) is 8.08. The number of amidine groups is 1. The number of carbonyl (C=O) groups excluding carboxylic acids is 1. The van der Waals surface area contributed by atoms with Gasteiger partial charge in [0.2, 0.25) is 0 Å². The molecule has 0 saturated carbocycles. The van der Waals surface area contributed by atoms with Crippen molar-refractivity contribution < 1.29 is 27.1 Å². The molecule has 2 heterocycles. The molecule has 3 rings (SSSR count). The van der Waals surface area contributed by atoms with E-state index in [1.165, 1.54) is 19.2 Å². The number of alkyl halides is 2. The number of aliphatic imine (C=N–C) groups is 1. The Bertz CT molecular complexity index is 1080. The van der Waals surface area contributed by atoms with Crippen LogP contribution in [0, 0.1) is 29.9 Å². The van der Waals surface area contributed by atoms with E-state index in [0.717, 1.165) is 6.07 Å². The van der Waals surface area contributed by atoms with Crippen LogP contribution < -0.4 is 11.1 Å². The van der Waals surface area contributed by atoms with Crippen LogP contribution in [-0.4, -0.2) is 36.4 Å². The number of rotatable bonds is 4. The minimum atomic E-state index is -3.27. The van der Waals surface area contributed by atoms with E-state index in [2.05, 4.69) is 15.3 Å². The molecule has 30 heavy (non-hydrogen) atoms. The van der Waals surface area contributed by atoms with Gasteiger partial charge in [0.05, 0.1) is 12.2 Å². The summed E-state index contributed by atoms with van der Waals surface area (Å²) in [6.07, 6.45) is -2.10. The first-order valence-corrected chi connectivity index (χ1v) is 8.55. The van der Waals surface area contributed by atoms with E-state index in [1.54, 1.807) is 0 Å². The number of nitrogens with two attached hydrogens (primary N) is 1. The summed E-state index contributed by atoms with van der Waals surface area (Å²) >= 11 is 0. The number of anilines is 1. The lowest BCUT2D eigenvalue weighted by Crippen LogP contribution is -2.45. The lowest BCUT2D eigenvalue weighted by Gasteiger charge is -2.33. The number of hydrogen-bond donors (Lipinski definition) is 2. The predicted molar refractivity (Wildman–Crippen MR) is 98.1 cm³/mol. The van der Waals surface area contributed by atoms with Crippen LogP contribution in [0.5, 0.6) is 0 Å². The lowest BCUT2D eigenvalue weighted by molar-refractivity contribution is -0.0148. The van der Waals surface area contributed by atoms with Crippen molar-refractivity contribution in [1.82, 2.24) is 4.98 Å². The maximum atomic E-state index is 14.5. The summed E-state index contributed by atoms with van der Waals surface area (Å²) < 4.78 is 61.4. The number of aryl methyl sites for hydroxylation is 1. The van der Waals surface area contributed by atoms with Crippen LogP contribution in [0.25, 0.3) is 0 Å². The van der Waals surface area contributed by atoms with Crippen molar-refractivity contribution in [3.63, 3.8) is 0 Å². The molecule has 1 aliphatic rings. The summed E-state index contributed by atoms with van der Waals surface area (Å²) in [6, 6.07) is 4.78. The van der Waals surface area contributed by atoms with E-state index < -0.39 is 41.7 Å². The molecule has 11 heteroatoms. The van der Waals surface area contributed by atoms with Crippen LogP contribution in [0.1, 0.15) is 27.2 Å². The monoisotopic (exact) mass is 421 g/mol. The van der Waals surface area contributed by atoms with Gasteiger partial charge in [-0.1, -0.05) is 0 Å². The number of halogens is 4. The van der Waals surface area contributed by atoms with Gasteiger partial charge in [0.15, 0.2) is 17.2 Å². The van der Waals surface area contributed by atoms with Gasteiger partial charge in [-0.15, -0.1) is 0 Å². The molecule has 0 saturated heterocycles. The van der Waals surface area contributed by atoms with Crippen molar-refractivity contribution in [2.75, 3.05) is 18.5 Å². The Kier molecular flexibility index (Phi) is 5.71. The van der Waals surface area contributed by atoms with Gasteiger partial charge >= 0.3 is 0 Å². The summed E-state index contributed by atoms with van der Waals surface area (Å²) in [7, 11) is 0. The minimum absolute atomic E-state index is 0.0767. The smallest absolute Gasteiger partial charge is 0.274 e. The third-order valence-corrected chi connectivity index (χ3v) is 4.45. The lowest BCUT2D eigenvalue weighted by atomic mass is 9.89. The summed E-state index contributed by atoms with van der Waals surface area (Å²) in [5, 5.41) is 11.2. The van der Waals surface area contributed by atoms with E-state index in [0.29, 0.717) is 11.6 Å². The number of nitrogens with zero attached hydrogens (tertiary/aromatic N) is 3. The van der Waals surface area contributed by atoms with Gasteiger partial charge in [0.1, 0.15) is 24.2 Å². The average Bonchev–Trinajstić information content (AvgIpc) is 2.70. The predicted octanol–water partition coefficient (Wildman–Crippen LogP) is 2.64. The van der Waals surface area contributed by atoms with Gasteiger partial charge in [0.25, 0.3) is 12.3 Å². The number of nitrogens with one attached hydrogen (secondary N) is 1. The molecule has 0 bridgehead atoms. The molecule has 1 aromatic carbocycles.